The number of likely N-dealkylation sites (tertiary alicyclic amines) is 1. The van der Waals surface area contributed by atoms with Gasteiger partial charge in [0.1, 0.15) is 21.5 Å². The van der Waals surface area contributed by atoms with Gasteiger partial charge in [0.15, 0.2) is 0 Å². The Hall–Kier alpha value is -2.93. The van der Waals surface area contributed by atoms with Crippen LogP contribution >= 0.6 is 11.3 Å². The summed E-state index contributed by atoms with van der Waals surface area (Å²) >= 11 is 1.68. The van der Waals surface area contributed by atoms with Crippen molar-refractivity contribution in [2.24, 2.45) is 0 Å². The molecule has 0 aliphatic carbocycles. The van der Waals surface area contributed by atoms with E-state index >= 15 is 0 Å². The van der Waals surface area contributed by atoms with E-state index in [1.54, 1.807) is 42.9 Å². The summed E-state index contributed by atoms with van der Waals surface area (Å²) in [4.78, 5) is 14.2. The van der Waals surface area contributed by atoms with Gasteiger partial charge < -0.3 is 14.1 Å². The molecule has 0 radical (unpaired) electrons. The summed E-state index contributed by atoms with van der Waals surface area (Å²) in [6, 6.07) is 11.7. The Morgan fingerprint density at radius 3 is 2.72 bits per heavy atom. The van der Waals surface area contributed by atoms with Crippen molar-refractivity contribution in [2.75, 3.05) is 20.2 Å². The molecule has 2 aromatic heterocycles. The van der Waals surface area contributed by atoms with Crippen molar-refractivity contribution >= 4 is 23.3 Å². The molecule has 0 N–H and O–H groups in total. The van der Waals surface area contributed by atoms with Crippen molar-refractivity contribution in [1.82, 2.24) is 15.1 Å². The number of methoxy groups -OCH3 is 1. The molecule has 0 atom stereocenters. The van der Waals surface area contributed by atoms with Crippen LogP contribution in [0.1, 0.15) is 40.1 Å². The standard InChI is InChI=1S/C22H23N3O3S/c1-27-18-6-4-16(5-7-18)15-20-23-24-22(29-20)17-10-12-25(13-11-17)21(26)9-8-19-3-2-14-28-19/h2-9,14,17H,10-13,15H2,1H3. The fourth-order valence-electron chi connectivity index (χ4n) is 3.41. The number of piperidine rings is 1. The summed E-state index contributed by atoms with van der Waals surface area (Å²) in [5, 5.41) is 10.9. The minimum absolute atomic E-state index is 0.0253. The molecule has 3 aromatic rings. The molecular formula is C22H23N3O3S. The van der Waals surface area contributed by atoms with Gasteiger partial charge in [-0.05, 0) is 48.7 Å². The Labute approximate surface area is 173 Å². The second-order valence-corrected chi connectivity index (χ2v) is 8.10. The number of aromatic nitrogens is 2. The van der Waals surface area contributed by atoms with Gasteiger partial charge in [-0.3, -0.25) is 4.79 Å². The summed E-state index contributed by atoms with van der Waals surface area (Å²) in [5.41, 5.74) is 1.19. The number of ether oxygens (including phenoxy) is 1. The Morgan fingerprint density at radius 1 is 1.24 bits per heavy atom. The van der Waals surface area contributed by atoms with Gasteiger partial charge in [0, 0.05) is 31.5 Å². The minimum Gasteiger partial charge on any atom is -0.497 e. The van der Waals surface area contributed by atoms with Crippen molar-refractivity contribution in [1.29, 1.82) is 0 Å². The third-order valence-corrected chi connectivity index (χ3v) is 6.17. The van der Waals surface area contributed by atoms with Gasteiger partial charge in [-0.25, -0.2) is 0 Å². The summed E-state index contributed by atoms with van der Waals surface area (Å²) in [6.07, 6.45) is 7.49. The van der Waals surface area contributed by atoms with Gasteiger partial charge in [0.2, 0.25) is 5.91 Å². The molecule has 1 aliphatic rings. The number of carbonyl (C=O) groups is 1. The van der Waals surface area contributed by atoms with Crippen molar-refractivity contribution in [2.45, 2.75) is 25.2 Å². The molecule has 3 heterocycles. The maximum Gasteiger partial charge on any atom is 0.246 e. The van der Waals surface area contributed by atoms with E-state index in [2.05, 4.69) is 22.3 Å². The fraction of sp³-hybridized carbons (Fsp3) is 0.318. The highest BCUT2D eigenvalue weighted by molar-refractivity contribution is 7.11. The van der Waals surface area contributed by atoms with Crippen molar-refractivity contribution in [3.63, 3.8) is 0 Å². The molecule has 4 rings (SSSR count). The highest BCUT2D eigenvalue weighted by Gasteiger charge is 2.25. The molecule has 1 amide bonds. The molecule has 1 saturated heterocycles. The molecule has 6 nitrogen and oxygen atoms in total. The van der Waals surface area contributed by atoms with Crippen LogP contribution < -0.4 is 4.74 Å². The number of hydrogen-bond donors (Lipinski definition) is 0. The van der Waals surface area contributed by atoms with E-state index in [9.17, 15) is 4.79 Å². The molecule has 1 aromatic carbocycles. The van der Waals surface area contributed by atoms with Crippen LogP contribution in [-0.4, -0.2) is 41.2 Å². The number of carbonyl (C=O) groups excluding carboxylic acids is 1. The lowest BCUT2D eigenvalue weighted by molar-refractivity contribution is -0.126. The van der Waals surface area contributed by atoms with E-state index in [1.165, 1.54) is 5.56 Å². The van der Waals surface area contributed by atoms with E-state index in [-0.39, 0.29) is 5.91 Å². The lowest BCUT2D eigenvalue weighted by Gasteiger charge is -2.30. The van der Waals surface area contributed by atoms with E-state index in [1.807, 2.05) is 23.1 Å². The molecule has 1 aliphatic heterocycles. The third kappa shape index (κ3) is 4.92. The molecule has 1 fully saturated rings. The van der Waals surface area contributed by atoms with Crippen LogP contribution in [0.4, 0.5) is 0 Å². The zero-order valence-corrected chi connectivity index (χ0v) is 17.1. The van der Waals surface area contributed by atoms with Crippen LogP contribution in [0.2, 0.25) is 0 Å². The van der Waals surface area contributed by atoms with Gasteiger partial charge in [-0.2, -0.15) is 0 Å². The molecule has 0 spiro atoms. The average molecular weight is 410 g/mol. The number of furan rings is 1. The number of hydrogen-bond acceptors (Lipinski definition) is 6. The van der Waals surface area contributed by atoms with Gasteiger partial charge in [0.25, 0.3) is 0 Å². The smallest absolute Gasteiger partial charge is 0.246 e. The number of benzene rings is 1. The summed E-state index contributed by atoms with van der Waals surface area (Å²) in [6.45, 7) is 1.47. The first-order valence-electron chi connectivity index (χ1n) is 9.67. The monoisotopic (exact) mass is 409 g/mol. The quantitative estimate of drug-likeness (QED) is 0.572. The van der Waals surface area contributed by atoms with Crippen LogP contribution in [0, 0.1) is 0 Å². The maximum absolute atomic E-state index is 12.4. The Morgan fingerprint density at radius 2 is 2.03 bits per heavy atom. The summed E-state index contributed by atoms with van der Waals surface area (Å²) in [5.74, 6) is 1.94. The first-order chi connectivity index (χ1) is 14.2. The predicted molar refractivity (Wildman–Crippen MR) is 112 cm³/mol. The lowest BCUT2D eigenvalue weighted by Crippen LogP contribution is -2.36. The van der Waals surface area contributed by atoms with Gasteiger partial charge in [-0.15, -0.1) is 21.5 Å². The molecule has 29 heavy (non-hydrogen) atoms. The SMILES string of the molecule is COc1ccc(Cc2nnc(C3CCN(C(=O)C=Cc4ccco4)CC3)s2)cc1. The largest absolute Gasteiger partial charge is 0.497 e. The van der Waals surface area contributed by atoms with Crippen LogP contribution in [-0.2, 0) is 11.2 Å². The fourth-order valence-corrected chi connectivity index (χ4v) is 4.46. The topological polar surface area (TPSA) is 68.5 Å². The Kier molecular flexibility index (Phi) is 6.05. The van der Waals surface area contributed by atoms with E-state index < -0.39 is 0 Å². The first kappa shape index (κ1) is 19.4. The predicted octanol–water partition coefficient (Wildman–Crippen LogP) is 4.15. The molecule has 7 heteroatoms. The second kappa shape index (κ2) is 9.05. The maximum atomic E-state index is 12.4. The number of rotatable bonds is 6. The molecule has 0 saturated carbocycles. The molecular weight excluding hydrogens is 386 g/mol. The van der Waals surface area contributed by atoms with E-state index in [4.69, 9.17) is 9.15 Å². The third-order valence-electron chi connectivity index (χ3n) is 5.09. The van der Waals surface area contributed by atoms with Gasteiger partial charge in [-0.1, -0.05) is 12.1 Å². The molecule has 150 valence electrons. The normalized spacial score (nSPS) is 15.1. The minimum atomic E-state index is 0.0253. The van der Waals surface area contributed by atoms with Crippen LogP contribution in [0.15, 0.2) is 53.2 Å². The highest BCUT2D eigenvalue weighted by atomic mass is 32.1. The van der Waals surface area contributed by atoms with Gasteiger partial charge in [0.05, 0.1) is 13.4 Å². The summed E-state index contributed by atoms with van der Waals surface area (Å²) < 4.78 is 10.4. The molecule has 0 bridgehead atoms. The zero-order chi connectivity index (χ0) is 20.1. The van der Waals surface area contributed by atoms with Crippen molar-refractivity contribution in [3.05, 3.63) is 70.1 Å². The van der Waals surface area contributed by atoms with E-state index in [0.29, 0.717) is 11.7 Å². The number of nitrogens with zero attached hydrogens (tertiary/aromatic N) is 3. The van der Waals surface area contributed by atoms with Crippen LogP contribution in [0.25, 0.3) is 6.08 Å². The Balaban J connectivity index is 1.30. The molecule has 0 unspecified atom stereocenters. The lowest BCUT2D eigenvalue weighted by atomic mass is 9.97. The first-order valence-corrected chi connectivity index (χ1v) is 10.5. The average Bonchev–Trinajstić information content (AvgIpc) is 3.45. The van der Waals surface area contributed by atoms with Crippen LogP contribution in [0.3, 0.4) is 0 Å². The highest BCUT2D eigenvalue weighted by Crippen LogP contribution is 2.31. The Bertz CT molecular complexity index is 956. The number of amides is 1. The van der Waals surface area contributed by atoms with Crippen molar-refractivity contribution < 1.29 is 13.9 Å². The van der Waals surface area contributed by atoms with Crippen LogP contribution in [0.5, 0.6) is 5.75 Å². The zero-order valence-electron chi connectivity index (χ0n) is 16.3. The van der Waals surface area contributed by atoms with E-state index in [0.717, 1.165) is 48.1 Å². The summed E-state index contributed by atoms with van der Waals surface area (Å²) in [7, 11) is 1.67. The van der Waals surface area contributed by atoms with Gasteiger partial charge >= 0.3 is 0 Å². The van der Waals surface area contributed by atoms with Crippen molar-refractivity contribution in [3.8, 4) is 5.75 Å². The second-order valence-electron chi connectivity index (χ2n) is 7.01.